The molecule has 0 atom stereocenters. The summed E-state index contributed by atoms with van der Waals surface area (Å²) in [6.07, 6.45) is 1.75. The molecule has 0 spiro atoms. The topological polar surface area (TPSA) is 0 Å². The molecule has 2 radical (unpaired) electrons. The summed E-state index contributed by atoms with van der Waals surface area (Å²) in [6.45, 7) is 6.99. The van der Waals surface area contributed by atoms with E-state index in [1.165, 1.54) is 0 Å². The Morgan fingerprint density at radius 1 is 2.00 bits per heavy atom. The fourth-order valence-corrected chi connectivity index (χ4v) is 0.365. The molecule has 34 valence electrons. The van der Waals surface area contributed by atoms with Crippen LogP contribution in [-0.2, 0) is 0 Å². The first-order valence-electron chi connectivity index (χ1n) is 1.75. The molecule has 0 rings (SSSR count). The SMILES string of the molecule is [CH]C(C)=CCCl. The van der Waals surface area contributed by atoms with Crippen LogP contribution < -0.4 is 0 Å². The van der Waals surface area contributed by atoms with E-state index in [0.29, 0.717) is 5.88 Å². The van der Waals surface area contributed by atoms with Crippen LogP contribution in [0.4, 0.5) is 0 Å². The van der Waals surface area contributed by atoms with E-state index in [2.05, 4.69) is 0 Å². The fraction of sp³-hybridized carbons (Fsp3) is 0.400. The van der Waals surface area contributed by atoms with Crippen LogP contribution in [0.2, 0.25) is 0 Å². The predicted molar refractivity (Wildman–Crippen MR) is 28.8 cm³/mol. The van der Waals surface area contributed by atoms with E-state index >= 15 is 0 Å². The number of halogens is 1. The zero-order valence-electron chi connectivity index (χ0n) is 3.74. The minimum atomic E-state index is 0.516. The first-order valence-corrected chi connectivity index (χ1v) is 2.29. The van der Waals surface area contributed by atoms with Gasteiger partial charge in [0.1, 0.15) is 0 Å². The molecule has 0 aromatic rings. The standard InChI is InChI=1S/C5H7Cl/c1-5(2)3-4-6/h1,3H,4H2,2H3. The maximum atomic E-state index is 5.24. The molecule has 0 saturated carbocycles. The molecule has 0 bridgehead atoms. The molecule has 0 nitrogen and oxygen atoms in total. The highest BCUT2D eigenvalue weighted by Crippen LogP contribution is 1.87. The Morgan fingerprint density at radius 2 is 2.50 bits per heavy atom. The highest BCUT2D eigenvalue weighted by Gasteiger charge is 1.69. The zero-order chi connectivity index (χ0) is 4.99. The van der Waals surface area contributed by atoms with E-state index in [1.54, 1.807) is 6.08 Å². The molecule has 0 saturated heterocycles. The van der Waals surface area contributed by atoms with Gasteiger partial charge in [-0.05, 0) is 13.8 Å². The van der Waals surface area contributed by atoms with Crippen molar-refractivity contribution in [1.29, 1.82) is 0 Å². The summed E-state index contributed by atoms with van der Waals surface area (Å²) >= 11 is 5.24. The van der Waals surface area contributed by atoms with Gasteiger partial charge in [-0.25, -0.2) is 0 Å². The van der Waals surface area contributed by atoms with Crippen LogP contribution in [0.15, 0.2) is 11.6 Å². The van der Waals surface area contributed by atoms with E-state index in [9.17, 15) is 0 Å². The average molecular weight is 103 g/mol. The predicted octanol–water partition coefficient (Wildman–Crippen LogP) is 1.88. The minimum Gasteiger partial charge on any atom is -0.122 e. The van der Waals surface area contributed by atoms with Crippen LogP contribution in [0.25, 0.3) is 0 Å². The highest BCUT2D eigenvalue weighted by molar-refractivity contribution is 6.18. The Morgan fingerprint density at radius 3 is 2.50 bits per heavy atom. The third kappa shape index (κ3) is 4.03. The van der Waals surface area contributed by atoms with Gasteiger partial charge < -0.3 is 0 Å². The molecule has 0 aliphatic rings. The van der Waals surface area contributed by atoms with E-state index in [4.69, 9.17) is 18.5 Å². The van der Waals surface area contributed by atoms with Crippen molar-refractivity contribution < 1.29 is 0 Å². The number of hydrogen-bond acceptors (Lipinski definition) is 0. The van der Waals surface area contributed by atoms with Crippen LogP contribution in [0, 0.1) is 6.92 Å². The monoisotopic (exact) mass is 102 g/mol. The van der Waals surface area contributed by atoms with Gasteiger partial charge in [0.05, 0.1) is 0 Å². The summed E-state index contributed by atoms with van der Waals surface area (Å²) in [6, 6.07) is 0. The largest absolute Gasteiger partial charge is 0.122 e. The lowest BCUT2D eigenvalue weighted by Gasteiger charge is -1.78. The fourth-order valence-electron chi connectivity index (χ4n) is 0.122. The van der Waals surface area contributed by atoms with Crippen LogP contribution in [0.3, 0.4) is 0 Å². The summed E-state index contributed by atoms with van der Waals surface area (Å²) in [5.41, 5.74) is 0.782. The van der Waals surface area contributed by atoms with Crippen molar-refractivity contribution in [3.8, 4) is 0 Å². The Bertz CT molecular complexity index is 51.0. The maximum Gasteiger partial charge on any atom is 0.0406 e. The van der Waals surface area contributed by atoms with Crippen molar-refractivity contribution >= 4 is 11.6 Å². The smallest absolute Gasteiger partial charge is 0.0406 e. The van der Waals surface area contributed by atoms with Gasteiger partial charge in [-0.2, -0.15) is 0 Å². The molecule has 0 aliphatic heterocycles. The van der Waals surface area contributed by atoms with Crippen molar-refractivity contribution in [3.63, 3.8) is 0 Å². The minimum absolute atomic E-state index is 0.516. The van der Waals surface area contributed by atoms with E-state index < -0.39 is 0 Å². The lowest BCUT2D eigenvalue weighted by atomic mass is 10.3. The molecular formula is C5H7Cl. The van der Waals surface area contributed by atoms with Crippen molar-refractivity contribution in [2.45, 2.75) is 6.92 Å². The molecular weight excluding hydrogens is 95.5 g/mol. The van der Waals surface area contributed by atoms with Gasteiger partial charge in [0.25, 0.3) is 0 Å². The summed E-state index contributed by atoms with van der Waals surface area (Å²) in [4.78, 5) is 0. The van der Waals surface area contributed by atoms with Crippen molar-refractivity contribution in [2.75, 3.05) is 5.88 Å². The zero-order valence-corrected chi connectivity index (χ0v) is 4.50. The van der Waals surface area contributed by atoms with Crippen molar-refractivity contribution in [3.05, 3.63) is 18.6 Å². The molecule has 6 heavy (non-hydrogen) atoms. The van der Waals surface area contributed by atoms with Crippen molar-refractivity contribution in [2.24, 2.45) is 0 Å². The summed E-state index contributed by atoms with van der Waals surface area (Å²) in [7, 11) is 0. The third-order valence-corrected chi connectivity index (χ3v) is 0.553. The van der Waals surface area contributed by atoms with E-state index in [-0.39, 0.29) is 0 Å². The number of hydrogen-bond donors (Lipinski definition) is 0. The van der Waals surface area contributed by atoms with E-state index in [1.807, 2.05) is 6.92 Å². The Kier molecular flexibility index (Phi) is 3.24. The van der Waals surface area contributed by atoms with Gasteiger partial charge in [-0.15, -0.1) is 11.6 Å². The summed E-state index contributed by atoms with van der Waals surface area (Å²) in [5, 5.41) is 0. The average Bonchev–Trinajstić information content (AvgIpc) is 1.35. The maximum absolute atomic E-state index is 5.24. The quantitative estimate of drug-likeness (QED) is 0.444. The highest BCUT2D eigenvalue weighted by atomic mass is 35.5. The van der Waals surface area contributed by atoms with Crippen LogP contribution >= 0.6 is 11.6 Å². The molecule has 0 unspecified atom stereocenters. The van der Waals surface area contributed by atoms with Crippen molar-refractivity contribution in [1.82, 2.24) is 0 Å². The second-order valence-electron chi connectivity index (χ2n) is 1.10. The van der Waals surface area contributed by atoms with Gasteiger partial charge in [-0.3, -0.25) is 0 Å². The molecule has 0 aromatic heterocycles. The molecule has 0 N–H and O–H groups in total. The number of alkyl halides is 1. The number of allylic oxidation sites excluding steroid dienone is 2. The van der Waals surface area contributed by atoms with Gasteiger partial charge >= 0.3 is 0 Å². The Balaban J connectivity index is 3.14. The first-order chi connectivity index (χ1) is 2.77. The molecule has 0 aromatic carbocycles. The van der Waals surface area contributed by atoms with Gasteiger partial charge in [0.2, 0.25) is 0 Å². The Hall–Kier alpha value is 0.0300. The first kappa shape index (κ1) is 6.03. The second-order valence-corrected chi connectivity index (χ2v) is 1.41. The lowest BCUT2D eigenvalue weighted by Crippen LogP contribution is -1.63. The van der Waals surface area contributed by atoms with Gasteiger partial charge in [-0.1, -0.05) is 11.6 Å². The third-order valence-electron chi connectivity index (χ3n) is 0.399. The second kappa shape index (κ2) is 3.23. The van der Waals surface area contributed by atoms with Gasteiger partial charge in [0.15, 0.2) is 0 Å². The molecule has 1 heteroatoms. The number of rotatable bonds is 1. The van der Waals surface area contributed by atoms with Gasteiger partial charge in [0, 0.05) is 5.88 Å². The molecule has 0 amide bonds. The molecule has 0 heterocycles. The van der Waals surface area contributed by atoms with Crippen LogP contribution in [0.1, 0.15) is 6.92 Å². The van der Waals surface area contributed by atoms with E-state index in [0.717, 1.165) is 5.57 Å². The van der Waals surface area contributed by atoms with Crippen LogP contribution in [0.5, 0.6) is 0 Å². The van der Waals surface area contributed by atoms with Crippen LogP contribution in [-0.4, -0.2) is 5.88 Å². The normalized spacial score (nSPS) is 12.2. The summed E-state index contributed by atoms with van der Waals surface area (Å²) < 4.78 is 0. The molecule has 0 fully saturated rings. The molecule has 0 aliphatic carbocycles. The Labute approximate surface area is 43.8 Å². The lowest BCUT2D eigenvalue weighted by molar-refractivity contribution is 1.49. The summed E-state index contributed by atoms with van der Waals surface area (Å²) in [5.74, 6) is 0.516.